The first kappa shape index (κ1) is 14.1. The molecule has 1 atom stereocenters. The van der Waals surface area contributed by atoms with Crippen molar-refractivity contribution in [2.75, 3.05) is 33.4 Å². The van der Waals surface area contributed by atoms with Crippen LogP contribution in [0.4, 0.5) is 0 Å². The summed E-state index contributed by atoms with van der Waals surface area (Å²) in [6.07, 6.45) is 0.783. The number of methoxy groups -OCH3 is 1. The lowest BCUT2D eigenvalue weighted by atomic mass is 10.3. The molecule has 0 aromatic carbocycles. The quantitative estimate of drug-likeness (QED) is 0.719. The highest BCUT2D eigenvalue weighted by molar-refractivity contribution is 4.92. The molecule has 0 radical (unpaired) electrons. The molecule has 0 fully saturated rings. The van der Waals surface area contributed by atoms with Gasteiger partial charge in [0.2, 0.25) is 5.89 Å². The molecule has 0 aliphatic heterocycles. The molecule has 0 saturated carbocycles. The van der Waals surface area contributed by atoms with Crippen molar-refractivity contribution < 1.29 is 9.26 Å². The minimum absolute atomic E-state index is 0.338. The average Bonchev–Trinajstić information content (AvgIpc) is 2.79. The largest absolute Gasteiger partial charge is 0.383 e. The van der Waals surface area contributed by atoms with Crippen LogP contribution in [0, 0.1) is 0 Å². The lowest BCUT2D eigenvalue weighted by Gasteiger charge is -2.16. The molecule has 1 unspecified atom stereocenters. The maximum atomic E-state index is 5.80. The Balaban J connectivity index is 2.45. The lowest BCUT2D eigenvalue weighted by Crippen LogP contribution is -2.25. The van der Waals surface area contributed by atoms with Crippen molar-refractivity contribution in [3.8, 4) is 0 Å². The second kappa shape index (κ2) is 7.37. The zero-order valence-electron chi connectivity index (χ0n) is 10.8. The molecule has 2 N–H and O–H groups in total. The standard InChI is InChI=1S/C11H22N4O2/c1-4-15(5-2)7-6-10-13-11(17-14-10)9(12)8-16-3/h9H,4-8,12H2,1-3H3. The summed E-state index contributed by atoms with van der Waals surface area (Å²) in [5.74, 6) is 1.15. The highest BCUT2D eigenvalue weighted by Crippen LogP contribution is 2.08. The number of ether oxygens (including phenoxy) is 1. The van der Waals surface area contributed by atoms with Crippen LogP contribution in [-0.2, 0) is 11.2 Å². The molecule has 1 rings (SSSR count). The van der Waals surface area contributed by atoms with Crippen LogP contribution in [-0.4, -0.2) is 48.4 Å². The Labute approximate surface area is 102 Å². The Bertz CT molecular complexity index is 312. The van der Waals surface area contributed by atoms with Crippen LogP contribution in [0.25, 0.3) is 0 Å². The van der Waals surface area contributed by atoms with Gasteiger partial charge in [0.05, 0.1) is 6.61 Å². The zero-order chi connectivity index (χ0) is 12.7. The molecule has 0 aliphatic carbocycles. The van der Waals surface area contributed by atoms with E-state index < -0.39 is 0 Å². The summed E-state index contributed by atoms with van der Waals surface area (Å²) in [6, 6.07) is -0.338. The molecule has 6 heteroatoms. The van der Waals surface area contributed by atoms with Gasteiger partial charge in [0.1, 0.15) is 6.04 Å². The lowest BCUT2D eigenvalue weighted by molar-refractivity contribution is 0.166. The Morgan fingerprint density at radius 1 is 1.41 bits per heavy atom. The fourth-order valence-electron chi connectivity index (χ4n) is 1.57. The zero-order valence-corrected chi connectivity index (χ0v) is 10.8. The van der Waals surface area contributed by atoms with Gasteiger partial charge in [0.15, 0.2) is 5.82 Å². The van der Waals surface area contributed by atoms with Crippen LogP contribution < -0.4 is 5.73 Å². The van der Waals surface area contributed by atoms with Gasteiger partial charge in [-0.1, -0.05) is 19.0 Å². The molecule has 0 amide bonds. The Morgan fingerprint density at radius 3 is 2.71 bits per heavy atom. The minimum Gasteiger partial charge on any atom is -0.383 e. The molecule has 0 aliphatic rings. The molecule has 6 nitrogen and oxygen atoms in total. The maximum absolute atomic E-state index is 5.80. The summed E-state index contributed by atoms with van der Waals surface area (Å²) < 4.78 is 10.0. The van der Waals surface area contributed by atoms with Gasteiger partial charge in [0, 0.05) is 20.1 Å². The first-order valence-electron chi connectivity index (χ1n) is 6.00. The van der Waals surface area contributed by atoms with Crippen molar-refractivity contribution in [3.63, 3.8) is 0 Å². The van der Waals surface area contributed by atoms with E-state index in [2.05, 4.69) is 28.9 Å². The van der Waals surface area contributed by atoms with E-state index in [4.69, 9.17) is 15.0 Å². The first-order chi connectivity index (χ1) is 8.21. The summed E-state index contributed by atoms with van der Waals surface area (Å²) in [6.45, 7) is 7.66. The second-order valence-corrected chi connectivity index (χ2v) is 3.89. The molecule has 0 saturated heterocycles. The van der Waals surface area contributed by atoms with E-state index in [0.717, 1.165) is 26.1 Å². The van der Waals surface area contributed by atoms with Gasteiger partial charge in [-0.3, -0.25) is 0 Å². The normalized spacial score (nSPS) is 13.2. The average molecular weight is 242 g/mol. The fourth-order valence-corrected chi connectivity index (χ4v) is 1.57. The molecular weight excluding hydrogens is 220 g/mol. The predicted molar refractivity (Wildman–Crippen MR) is 64.6 cm³/mol. The Hall–Kier alpha value is -0.980. The molecule has 1 aromatic heterocycles. The smallest absolute Gasteiger partial charge is 0.245 e. The predicted octanol–water partition coefficient (Wildman–Crippen LogP) is 0.600. The molecular formula is C11H22N4O2. The summed E-state index contributed by atoms with van der Waals surface area (Å²) in [7, 11) is 1.59. The SMILES string of the molecule is CCN(CC)CCc1noc(C(N)COC)n1. The van der Waals surface area contributed by atoms with Crippen molar-refractivity contribution in [3.05, 3.63) is 11.7 Å². The van der Waals surface area contributed by atoms with E-state index in [1.807, 2.05) is 0 Å². The van der Waals surface area contributed by atoms with E-state index >= 15 is 0 Å². The topological polar surface area (TPSA) is 77.4 Å². The van der Waals surface area contributed by atoms with E-state index in [0.29, 0.717) is 18.3 Å². The summed E-state index contributed by atoms with van der Waals surface area (Å²) >= 11 is 0. The van der Waals surface area contributed by atoms with Gasteiger partial charge in [-0.15, -0.1) is 0 Å². The number of rotatable bonds is 8. The van der Waals surface area contributed by atoms with Gasteiger partial charge in [-0.2, -0.15) is 4.98 Å². The van der Waals surface area contributed by atoms with Crippen LogP contribution in [0.15, 0.2) is 4.52 Å². The highest BCUT2D eigenvalue weighted by atomic mass is 16.5. The van der Waals surface area contributed by atoms with E-state index in [1.54, 1.807) is 7.11 Å². The van der Waals surface area contributed by atoms with Gasteiger partial charge in [-0.25, -0.2) is 0 Å². The van der Waals surface area contributed by atoms with E-state index in [9.17, 15) is 0 Å². The molecule has 98 valence electrons. The summed E-state index contributed by atoms with van der Waals surface area (Å²) in [4.78, 5) is 6.57. The molecule has 17 heavy (non-hydrogen) atoms. The van der Waals surface area contributed by atoms with Crippen LogP contribution in [0.1, 0.15) is 31.6 Å². The van der Waals surface area contributed by atoms with Crippen LogP contribution in [0.5, 0.6) is 0 Å². The van der Waals surface area contributed by atoms with Gasteiger partial charge in [-0.05, 0) is 13.1 Å². The molecule has 1 aromatic rings. The van der Waals surface area contributed by atoms with Gasteiger partial charge >= 0.3 is 0 Å². The summed E-state index contributed by atoms with van der Waals surface area (Å²) in [5, 5.41) is 3.91. The fraction of sp³-hybridized carbons (Fsp3) is 0.818. The third-order valence-electron chi connectivity index (χ3n) is 2.69. The van der Waals surface area contributed by atoms with Crippen LogP contribution in [0.3, 0.4) is 0 Å². The van der Waals surface area contributed by atoms with Crippen molar-refractivity contribution in [2.45, 2.75) is 26.3 Å². The van der Waals surface area contributed by atoms with Crippen molar-refractivity contribution in [2.24, 2.45) is 5.73 Å². The van der Waals surface area contributed by atoms with E-state index in [-0.39, 0.29) is 6.04 Å². The van der Waals surface area contributed by atoms with Crippen LogP contribution in [0.2, 0.25) is 0 Å². The third-order valence-corrected chi connectivity index (χ3v) is 2.69. The molecule has 1 heterocycles. The first-order valence-corrected chi connectivity index (χ1v) is 6.00. The highest BCUT2D eigenvalue weighted by Gasteiger charge is 2.14. The second-order valence-electron chi connectivity index (χ2n) is 3.89. The Kier molecular flexibility index (Phi) is 6.10. The van der Waals surface area contributed by atoms with Crippen molar-refractivity contribution >= 4 is 0 Å². The Morgan fingerprint density at radius 2 is 2.12 bits per heavy atom. The summed E-state index contributed by atoms with van der Waals surface area (Å²) in [5.41, 5.74) is 5.80. The molecule has 0 bridgehead atoms. The van der Waals surface area contributed by atoms with Crippen molar-refractivity contribution in [1.29, 1.82) is 0 Å². The maximum Gasteiger partial charge on any atom is 0.245 e. The number of nitrogens with zero attached hydrogens (tertiary/aromatic N) is 3. The number of likely N-dealkylation sites (N-methyl/N-ethyl adjacent to an activating group) is 1. The van der Waals surface area contributed by atoms with Gasteiger partial charge < -0.3 is 19.9 Å². The third kappa shape index (κ3) is 4.41. The minimum atomic E-state index is -0.338. The number of nitrogens with two attached hydrogens (primary N) is 1. The van der Waals surface area contributed by atoms with E-state index in [1.165, 1.54) is 0 Å². The number of hydrogen-bond donors (Lipinski definition) is 1. The van der Waals surface area contributed by atoms with Gasteiger partial charge in [0.25, 0.3) is 0 Å². The molecule has 0 spiro atoms. The monoisotopic (exact) mass is 242 g/mol. The van der Waals surface area contributed by atoms with Crippen molar-refractivity contribution in [1.82, 2.24) is 15.0 Å². The number of hydrogen-bond acceptors (Lipinski definition) is 6. The number of aromatic nitrogens is 2. The van der Waals surface area contributed by atoms with Crippen LogP contribution >= 0.6 is 0 Å².